The highest BCUT2D eigenvalue weighted by Gasteiger charge is 2.68. The second-order valence-electron chi connectivity index (χ2n) is 5.76. The first-order chi connectivity index (χ1) is 11.7. The average Bonchev–Trinajstić information content (AvgIpc) is 2.56. The molecule has 7 N–H and O–H groups in total. The number of benzene rings is 1. The van der Waals surface area contributed by atoms with Gasteiger partial charge in [0.05, 0.1) is 0 Å². The smallest absolute Gasteiger partial charge is 0.336 e. The van der Waals surface area contributed by atoms with Crippen LogP contribution in [-0.4, -0.2) is 86.2 Å². The topological polar surface area (TPSA) is 169 Å². The van der Waals surface area contributed by atoms with Crippen molar-refractivity contribution in [3.63, 3.8) is 0 Å². The van der Waals surface area contributed by atoms with Crippen LogP contribution in [-0.2, 0) is 9.53 Å². The van der Waals surface area contributed by atoms with Crippen LogP contribution in [0.3, 0.4) is 0 Å². The Morgan fingerprint density at radius 1 is 1.32 bits per heavy atom. The molecule has 25 heavy (non-hydrogen) atoms. The lowest BCUT2D eigenvalue weighted by atomic mass is 9.78. The molecule has 5 atom stereocenters. The van der Waals surface area contributed by atoms with Gasteiger partial charge >= 0.3 is 5.97 Å². The second kappa shape index (κ2) is 7.22. The van der Waals surface area contributed by atoms with Gasteiger partial charge in [-0.3, -0.25) is 0 Å². The molecule has 1 aliphatic rings. The molecule has 140 valence electrons. The third-order valence-corrected chi connectivity index (χ3v) is 4.01. The number of aliphatic hydroxyl groups excluding tert-OH is 2. The summed E-state index contributed by atoms with van der Waals surface area (Å²) in [4.78, 5) is 11.5. The summed E-state index contributed by atoms with van der Waals surface area (Å²) in [7, 11) is 1.41. The van der Waals surface area contributed by atoms with Crippen molar-refractivity contribution in [3.05, 3.63) is 30.3 Å². The lowest BCUT2D eigenvalue weighted by molar-refractivity contribution is -0.413. The molecule has 0 radical (unpaired) electrons. The van der Waals surface area contributed by atoms with Gasteiger partial charge in [0.15, 0.2) is 11.7 Å². The van der Waals surface area contributed by atoms with Crippen molar-refractivity contribution in [2.75, 3.05) is 13.6 Å². The Morgan fingerprint density at radius 3 is 2.44 bits per heavy atom. The van der Waals surface area contributed by atoms with Crippen LogP contribution in [0.1, 0.15) is 0 Å². The average molecular weight is 359 g/mol. The van der Waals surface area contributed by atoms with Crippen LogP contribution >= 0.6 is 0 Å². The number of carboxylic acids is 1. The number of ether oxygens (including phenoxy) is 2. The fraction of sp³-hybridized carbons (Fsp3) is 0.533. The molecule has 1 aromatic rings. The number of carbonyl (C=O) groups is 1. The van der Waals surface area contributed by atoms with Crippen LogP contribution in [0.5, 0.6) is 5.75 Å². The number of nitrogens with one attached hydrogen (secondary N) is 1. The van der Waals surface area contributed by atoms with Crippen LogP contribution in [0.25, 0.3) is 0 Å². The lowest BCUT2D eigenvalue weighted by Gasteiger charge is -2.51. The molecule has 1 fully saturated rings. The van der Waals surface area contributed by atoms with Crippen LogP contribution in [0.15, 0.2) is 30.3 Å². The molecule has 1 heterocycles. The minimum atomic E-state index is -3.20. The summed E-state index contributed by atoms with van der Waals surface area (Å²) in [6.07, 6.45) is -8.61. The molecule has 0 bridgehead atoms. The Hall–Kier alpha value is -1.79. The lowest BCUT2D eigenvalue weighted by Crippen LogP contribution is -2.78. The van der Waals surface area contributed by atoms with Gasteiger partial charge in [-0.2, -0.15) is 0 Å². The quantitative estimate of drug-likeness (QED) is 0.264. The van der Waals surface area contributed by atoms with Crippen LogP contribution < -0.4 is 10.1 Å². The van der Waals surface area contributed by atoms with Crippen molar-refractivity contribution in [2.24, 2.45) is 0 Å². The number of aliphatic carboxylic acids is 1. The molecule has 1 aliphatic heterocycles. The molecule has 10 heteroatoms. The van der Waals surface area contributed by atoms with E-state index in [-0.39, 0.29) is 12.3 Å². The van der Waals surface area contributed by atoms with Gasteiger partial charge in [0, 0.05) is 6.54 Å². The highest BCUT2D eigenvalue weighted by molar-refractivity contribution is 5.74. The maximum atomic E-state index is 11.5. The van der Waals surface area contributed by atoms with E-state index in [0.717, 1.165) is 0 Å². The third kappa shape index (κ3) is 3.46. The standard InChI is InChI=1S/C15H21NO9/c1-16-7-9(17)14(21)10(11(18)19)25-13(15(22,23)12(14)20)24-8-5-3-2-4-6-8/h2-6,9-10,12-13,16-17,20-23H,7H2,1H3,(H,18,19). The molecular weight excluding hydrogens is 338 g/mol. The number of rotatable bonds is 6. The molecule has 0 spiro atoms. The molecule has 2 rings (SSSR count). The third-order valence-electron chi connectivity index (χ3n) is 4.01. The summed E-state index contributed by atoms with van der Waals surface area (Å²) < 4.78 is 10.2. The Kier molecular flexibility index (Phi) is 5.64. The molecule has 5 unspecified atom stereocenters. The van der Waals surface area contributed by atoms with Gasteiger partial charge in [-0.1, -0.05) is 18.2 Å². The fourth-order valence-corrected chi connectivity index (χ4v) is 2.65. The second-order valence-corrected chi connectivity index (χ2v) is 5.76. The van der Waals surface area contributed by atoms with Crippen LogP contribution in [0, 0.1) is 0 Å². The summed E-state index contributed by atoms with van der Waals surface area (Å²) in [6, 6.07) is 7.71. The summed E-state index contributed by atoms with van der Waals surface area (Å²) in [5.41, 5.74) is -2.91. The first kappa shape index (κ1) is 19.5. The Labute approximate surface area is 142 Å². The summed E-state index contributed by atoms with van der Waals surface area (Å²) >= 11 is 0. The van der Waals surface area contributed by atoms with E-state index in [9.17, 15) is 35.4 Å². The Bertz CT molecular complexity index is 596. The molecule has 0 aromatic heterocycles. The molecule has 0 amide bonds. The van der Waals surface area contributed by atoms with Crippen molar-refractivity contribution in [2.45, 2.75) is 36.0 Å². The number of carboxylic acid groups (broad SMARTS) is 1. The van der Waals surface area contributed by atoms with Crippen LogP contribution in [0.4, 0.5) is 0 Å². The van der Waals surface area contributed by atoms with Gasteiger partial charge in [0.2, 0.25) is 0 Å². The van der Waals surface area contributed by atoms with E-state index in [0.29, 0.717) is 0 Å². The SMILES string of the molecule is CNCC(O)C1(O)C(C(=O)O)OC(Oc2ccccc2)C(O)(O)C1O. The monoisotopic (exact) mass is 359 g/mol. The normalized spacial score (nSPS) is 32.8. The molecule has 10 nitrogen and oxygen atoms in total. The fourth-order valence-electron chi connectivity index (χ4n) is 2.65. The van der Waals surface area contributed by atoms with Gasteiger partial charge in [0.1, 0.15) is 18.0 Å². The van der Waals surface area contributed by atoms with Crippen molar-refractivity contribution < 1.29 is 44.9 Å². The van der Waals surface area contributed by atoms with Crippen molar-refractivity contribution in [3.8, 4) is 5.75 Å². The zero-order valence-electron chi connectivity index (χ0n) is 13.3. The van der Waals surface area contributed by atoms with E-state index in [1.807, 2.05) is 0 Å². The van der Waals surface area contributed by atoms with Crippen molar-refractivity contribution >= 4 is 5.97 Å². The van der Waals surface area contributed by atoms with Gasteiger partial charge in [-0.25, -0.2) is 4.79 Å². The summed E-state index contributed by atoms with van der Waals surface area (Å²) in [5, 5.41) is 63.1. The van der Waals surface area contributed by atoms with E-state index in [1.165, 1.54) is 19.2 Å². The number of para-hydroxylation sites is 1. The number of aliphatic hydroxyl groups is 5. The molecule has 0 saturated carbocycles. The molecule has 0 aliphatic carbocycles. The number of hydrogen-bond donors (Lipinski definition) is 7. The predicted molar refractivity (Wildman–Crippen MR) is 81.4 cm³/mol. The van der Waals surface area contributed by atoms with E-state index >= 15 is 0 Å². The maximum absolute atomic E-state index is 11.5. The first-order valence-corrected chi connectivity index (χ1v) is 7.43. The maximum Gasteiger partial charge on any atom is 0.336 e. The van der Waals surface area contributed by atoms with Gasteiger partial charge < -0.3 is 45.4 Å². The van der Waals surface area contributed by atoms with Crippen molar-refractivity contribution in [1.82, 2.24) is 5.32 Å². The highest BCUT2D eigenvalue weighted by Crippen LogP contribution is 2.38. The van der Waals surface area contributed by atoms with E-state index in [2.05, 4.69) is 5.32 Å². The summed E-state index contributed by atoms with van der Waals surface area (Å²) in [5.74, 6) is -4.82. The largest absolute Gasteiger partial charge is 0.479 e. The first-order valence-electron chi connectivity index (χ1n) is 7.43. The van der Waals surface area contributed by atoms with Gasteiger partial charge in [0.25, 0.3) is 12.1 Å². The number of hydrogen-bond acceptors (Lipinski definition) is 9. The van der Waals surface area contributed by atoms with Crippen LogP contribution in [0.2, 0.25) is 0 Å². The molecule has 1 saturated heterocycles. The minimum absolute atomic E-state index is 0.109. The van der Waals surface area contributed by atoms with Crippen molar-refractivity contribution in [1.29, 1.82) is 0 Å². The van der Waals surface area contributed by atoms with E-state index in [4.69, 9.17) is 9.47 Å². The zero-order valence-corrected chi connectivity index (χ0v) is 13.3. The minimum Gasteiger partial charge on any atom is -0.479 e. The molecule has 1 aromatic carbocycles. The zero-order chi connectivity index (χ0) is 18.8. The summed E-state index contributed by atoms with van der Waals surface area (Å²) in [6.45, 7) is -0.346. The van der Waals surface area contributed by atoms with Gasteiger partial charge in [-0.15, -0.1) is 0 Å². The van der Waals surface area contributed by atoms with Gasteiger partial charge in [-0.05, 0) is 19.2 Å². The number of likely N-dealkylation sites (N-methyl/N-ethyl adjacent to an activating group) is 1. The van der Waals surface area contributed by atoms with E-state index in [1.54, 1.807) is 18.2 Å². The highest BCUT2D eigenvalue weighted by atomic mass is 16.7. The predicted octanol–water partition coefficient (Wildman–Crippen LogP) is -2.77. The Balaban J connectivity index is 2.38. The molecular formula is C15H21NO9. The van der Waals surface area contributed by atoms with E-state index < -0.39 is 42.0 Å². The Morgan fingerprint density at radius 2 is 1.92 bits per heavy atom.